The highest BCUT2D eigenvalue weighted by atomic mass is 35.5. The topological polar surface area (TPSA) is 186 Å². The Hall–Kier alpha value is -3.55. The van der Waals surface area contributed by atoms with E-state index in [9.17, 15) is 13.2 Å². The van der Waals surface area contributed by atoms with Crippen LogP contribution >= 0.6 is 11.6 Å². The fourth-order valence-electron chi connectivity index (χ4n) is 4.21. The lowest BCUT2D eigenvalue weighted by atomic mass is 9.90. The molecule has 0 saturated carbocycles. The Kier molecular flexibility index (Phi) is 6.73. The molecular weight excluding hydrogens is 506 g/mol. The molecule has 2 fully saturated rings. The van der Waals surface area contributed by atoms with E-state index in [1.54, 1.807) is 12.1 Å². The lowest BCUT2D eigenvalue weighted by Crippen LogP contribution is -2.53. The highest BCUT2D eigenvalue weighted by molar-refractivity contribution is 7.89. The molecule has 0 aliphatic carbocycles. The van der Waals surface area contributed by atoms with Crippen LogP contribution in [0.4, 0.5) is 0 Å². The van der Waals surface area contributed by atoms with Gasteiger partial charge in [-0.05, 0) is 37.1 Å². The van der Waals surface area contributed by atoms with Crippen LogP contribution in [0.2, 0.25) is 0 Å². The van der Waals surface area contributed by atoms with Crippen LogP contribution in [0.15, 0.2) is 68.5 Å². The molecule has 1 spiro atoms. The quantitative estimate of drug-likeness (QED) is 0.153. The monoisotopic (exact) mass is 533 g/mol. The Morgan fingerprint density at radius 2 is 1.89 bits per heavy atom. The summed E-state index contributed by atoms with van der Waals surface area (Å²) in [6, 6.07) is 7.05. The van der Waals surface area contributed by atoms with E-state index < -0.39 is 21.5 Å². The number of nitrogens with one attached hydrogen (secondary N) is 2. The maximum atomic E-state index is 13.3. The number of aromatic nitrogens is 1. The zero-order valence-electron chi connectivity index (χ0n) is 19.7. The van der Waals surface area contributed by atoms with Gasteiger partial charge in [-0.2, -0.15) is 9.30 Å². The van der Waals surface area contributed by atoms with Gasteiger partial charge < -0.3 is 32.4 Å². The highest BCUT2D eigenvalue weighted by Crippen LogP contribution is 2.29. The molecule has 192 valence electrons. The maximum Gasteiger partial charge on any atom is 0.283 e. The molecule has 0 atom stereocenters. The number of guanidine groups is 1. The summed E-state index contributed by atoms with van der Waals surface area (Å²) >= 11 is 5.54. The molecule has 2 aliphatic heterocycles. The average molecular weight is 534 g/mol. The number of piperidine rings is 1. The third-order valence-electron chi connectivity index (χ3n) is 6.42. The van der Waals surface area contributed by atoms with Crippen molar-refractivity contribution in [2.24, 2.45) is 34.2 Å². The van der Waals surface area contributed by atoms with E-state index in [0.29, 0.717) is 32.5 Å². The maximum absolute atomic E-state index is 13.3. The third-order valence-corrected chi connectivity index (χ3v) is 8.51. The van der Waals surface area contributed by atoms with Crippen molar-refractivity contribution in [3.63, 3.8) is 0 Å². The number of halogens is 1. The Labute approximate surface area is 213 Å². The zero-order chi connectivity index (χ0) is 26.3. The number of hydrogen-bond donors (Lipinski definition) is 5. The Morgan fingerprint density at radius 1 is 1.19 bits per heavy atom. The predicted octanol–water partition coefficient (Wildman–Crippen LogP) is -0.0268. The van der Waals surface area contributed by atoms with E-state index in [1.165, 1.54) is 4.31 Å². The molecule has 2 aromatic rings. The van der Waals surface area contributed by atoms with Crippen LogP contribution < -0.4 is 27.8 Å². The standard InChI is InChI=1S/C22H28ClN9O3S/c1-13(18(25)28-19(26)17(23)24)20(33)29-21-27-12-22(30-21)6-9-32(10-7-22)36(34,35)15-3-4-16-14(11-15)5-8-31(16)2/h3-5,8,11H,1,6-7,9-10,12,24,26H2,2H3,(H2,25,28)(H2,27,29,30,33)/b19-17-. The second-order valence-corrected chi connectivity index (χ2v) is 11.1. The third kappa shape index (κ3) is 4.90. The first-order valence-electron chi connectivity index (χ1n) is 11.1. The minimum Gasteiger partial charge on any atom is -0.386 e. The Morgan fingerprint density at radius 3 is 2.56 bits per heavy atom. The number of hydrogen-bond acceptors (Lipinski definition) is 6. The number of amidine groups is 1. The molecule has 2 aliphatic rings. The van der Waals surface area contributed by atoms with Gasteiger partial charge in [0.05, 0.1) is 16.0 Å². The summed E-state index contributed by atoms with van der Waals surface area (Å²) in [4.78, 5) is 20.4. The van der Waals surface area contributed by atoms with Crippen LogP contribution in [-0.4, -0.2) is 60.2 Å². The predicted molar refractivity (Wildman–Crippen MR) is 139 cm³/mol. The van der Waals surface area contributed by atoms with Gasteiger partial charge in [0.25, 0.3) is 5.91 Å². The molecule has 2 saturated heterocycles. The van der Waals surface area contributed by atoms with Gasteiger partial charge in [-0.15, -0.1) is 0 Å². The van der Waals surface area contributed by atoms with Gasteiger partial charge in [0, 0.05) is 43.8 Å². The lowest BCUT2D eigenvalue weighted by molar-refractivity contribution is -0.113. The van der Waals surface area contributed by atoms with Gasteiger partial charge in [-0.3, -0.25) is 4.79 Å². The molecule has 4 rings (SSSR count). The lowest BCUT2D eigenvalue weighted by Gasteiger charge is -2.37. The van der Waals surface area contributed by atoms with Crippen LogP contribution in [0.5, 0.6) is 0 Å². The van der Waals surface area contributed by atoms with Crippen molar-refractivity contribution in [2.75, 3.05) is 19.6 Å². The minimum atomic E-state index is -3.64. The summed E-state index contributed by atoms with van der Waals surface area (Å²) in [6.07, 6.45) is 2.95. The summed E-state index contributed by atoms with van der Waals surface area (Å²) in [5, 5.41) is 6.89. The fourth-order valence-corrected chi connectivity index (χ4v) is 5.73. The summed E-state index contributed by atoms with van der Waals surface area (Å²) in [7, 11) is -1.72. The number of carbonyl (C=O) groups is 1. The molecule has 36 heavy (non-hydrogen) atoms. The van der Waals surface area contributed by atoms with E-state index in [4.69, 9.17) is 28.8 Å². The fraction of sp³-hybridized carbons (Fsp3) is 0.318. The van der Waals surface area contributed by atoms with Crippen LogP contribution in [0.1, 0.15) is 12.8 Å². The van der Waals surface area contributed by atoms with Crippen LogP contribution in [0.25, 0.3) is 10.9 Å². The van der Waals surface area contributed by atoms with Gasteiger partial charge in [-0.25, -0.2) is 13.4 Å². The molecule has 14 heteroatoms. The number of rotatable bonds is 5. The number of sulfonamides is 1. The van der Waals surface area contributed by atoms with E-state index in [2.05, 4.69) is 27.2 Å². The summed E-state index contributed by atoms with van der Waals surface area (Å²) in [6.45, 7) is 4.72. The molecule has 12 nitrogen and oxygen atoms in total. The van der Waals surface area contributed by atoms with E-state index in [-0.39, 0.29) is 33.2 Å². The summed E-state index contributed by atoms with van der Waals surface area (Å²) in [5.41, 5.74) is 16.9. The van der Waals surface area contributed by atoms with Crippen molar-refractivity contribution >= 4 is 50.2 Å². The largest absolute Gasteiger partial charge is 0.386 e. The molecule has 3 heterocycles. The Bertz CT molecular complexity index is 1430. The molecule has 8 N–H and O–H groups in total. The van der Waals surface area contributed by atoms with E-state index >= 15 is 0 Å². The normalized spacial score (nSPS) is 20.3. The first kappa shape index (κ1) is 25.5. The molecule has 0 unspecified atom stereocenters. The van der Waals surface area contributed by atoms with Gasteiger partial charge in [0.2, 0.25) is 10.0 Å². The highest BCUT2D eigenvalue weighted by Gasteiger charge is 2.42. The zero-order valence-corrected chi connectivity index (χ0v) is 21.2. The molecule has 0 bridgehead atoms. The molecule has 1 aromatic heterocycles. The van der Waals surface area contributed by atoms with Crippen molar-refractivity contribution in [1.29, 1.82) is 0 Å². The van der Waals surface area contributed by atoms with E-state index in [1.807, 2.05) is 29.9 Å². The summed E-state index contributed by atoms with van der Waals surface area (Å²) in [5.74, 6) is -0.969. The van der Waals surface area contributed by atoms with Crippen molar-refractivity contribution in [1.82, 2.24) is 19.5 Å². The second kappa shape index (κ2) is 9.48. The van der Waals surface area contributed by atoms with Gasteiger partial charge in [0.15, 0.2) is 11.8 Å². The smallest absolute Gasteiger partial charge is 0.283 e. The molecule has 0 radical (unpaired) electrons. The van der Waals surface area contributed by atoms with Gasteiger partial charge in [-0.1, -0.05) is 18.2 Å². The Balaban J connectivity index is 1.41. The van der Waals surface area contributed by atoms with Crippen LogP contribution in [0, 0.1) is 0 Å². The number of fused-ring (bicyclic) bond motifs is 1. The second-order valence-electron chi connectivity index (χ2n) is 8.78. The number of carbonyl (C=O) groups excluding carboxylic acids is 1. The number of aliphatic imine (C=N–C) groups is 2. The summed E-state index contributed by atoms with van der Waals surface area (Å²) < 4.78 is 30.0. The molecular formula is C22H28ClN9O3S. The van der Waals surface area contributed by atoms with Crippen LogP contribution in [-0.2, 0) is 21.9 Å². The first-order chi connectivity index (χ1) is 16.9. The molecule has 1 amide bonds. The van der Waals surface area contributed by atoms with Crippen molar-refractivity contribution < 1.29 is 13.2 Å². The van der Waals surface area contributed by atoms with Crippen LogP contribution in [0.3, 0.4) is 0 Å². The SMILES string of the molecule is C=C(C(=O)/N=C1\NCC2(CCN(S(=O)(=O)c3ccc4c(ccn4C)c3)CC2)N1)/C(N)=N\C(N)=C(/N)Cl. The number of nitrogens with zero attached hydrogens (tertiary/aromatic N) is 4. The minimum absolute atomic E-state index is 0.177. The van der Waals surface area contributed by atoms with E-state index in [0.717, 1.165) is 10.9 Å². The number of nitrogens with two attached hydrogens (primary N) is 3. The van der Waals surface area contributed by atoms with Gasteiger partial charge >= 0.3 is 0 Å². The average Bonchev–Trinajstić information content (AvgIpc) is 3.41. The number of amides is 1. The first-order valence-corrected chi connectivity index (χ1v) is 12.9. The van der Waals surface area contributed by atoms with Crippen molar-refractivity contribution in [2.45, 2.75) is 23.3 Å². The van der Waals surface area contributed by atoms with Gasteiger partial charge in [0.1, 0.15) is 11.0 Å². The number of aryl methyl sites for hydroxylation is 1. The molecule has 1 aromatic carbocycles. The number of benzene rings is 1. The van der Waals surface area contributed by atoms with Crippen molar-refractivity contribution in [3.8, 4) is 0 Å². The van der Waals surface area contributed by atoms with Crippen molar-refractivity contribution in [3.05, 3.63) is 53.6 Å².